The molecular formula is C11H19F3N2O2. The van der Waals surface area contributed by atoms with Gasteiger partial charge in [0.25, 0.3) is 5.91 Å². The van der Waals surface area contributed by atoms with Gasteiger partial charge in [0.1, 0.15) is 0 Å². The van der Waals surface area contributed by atoms with E-state index in [1.807, 2.05) is 0 Å². The van der Waals surface area contributed by atoms with Crippen molar-refractivity contribution in [3.8, 4) is 0 Å². The zero-order chi connectivity index (χ0) is 14.2. The lowest BCUT2D eigenvalue weighted by atomic mass is 9.92. The Balaban J connectivity index is 2.85. The molecule has 2 N–H and O–H groups in total. The van der Waals surface area contributed by atoms with Crippen LogP contribution in [0.1, 0.15) is 26.7 Å². The lowest BCUT2D eigenvalue weighted by Gasteiger charge is -2.42. The zero-order valence-electron chi connectivity index (χ0n) is 10.8. The fraction of sp³-hybridized carbons (Fsp3) is 0.909. The summed E-state index contributed by atoms with van der Waals surface area (Å²) in [6.07, 6.45) is -3.45. The highest BCUT2D eigenvalue weighted by atomic mass is 19.4. The van der Waals surface area contributed by atoms with Crippen molar-refractivity contribution in [3.63, 3.8) is 0 Å². The molecule has 1 fully saturated rings. The van der Waals surface area contributed by atoms with E-state index in [0.717, 1.165) is 4.90 Å². The van der Waals surface area contributed by atoms with Crippen LogP contribution in [0.2, 0.25) is 0 Å². The van der Waals surface area contributed by atoms with Gasteiger partial charge in [-0.1, -0.05) is 0 Å². The third kappa shape index (κ3) is 2.77. The normalized spacial score (nSPS) is 28.9. The van der Waals surface area contributed by atoms with Gasteiger partial charge >= 0.3 is 6.18 Å². The number of hydrogen-bond acceptors (Lipinski definition) is 3. The fourth-order valence-corrected chi connectivity index (χ4v) is 2.00. The van der Waals surface area contributed by atoms with Gasteiger partial charge in [-0.3, -0.25) is 4.79 Å². The van der Waals surface area contributed by atoms with Gasteiger partial charge in [0.2, 0.25) is 0 Å². The number of ether oxygens (including phenoxy) is 1. The fourth-order valence-electron chi connectivity index (χ4n) is 2.00. The number of alkyl halides is 3. The molecule has 106 valence electrons. The van der Waals surface area contributed by atoms with Crippen LogP contribution in [0.25, 0.3) is 0 Å². The Morgan fingerprint density at radius 2 is 2.00 bits per heavy atom. The molecule has 0 aromatic carbocycles. The summed E-state index contributed by atoms with van der Waals surface area (Å²) < 4.78 is 43.4. The van der Waals surface area contributed by atoms with Crippen molar-refractivity contribution in [1.29, 1.82) is 0 Å². The predicted octanol–water partition coefficient (Wildman–Crippen LogP) is 1.29. The number of nitrogens with zero attached hydrogens (tertiary/aromatic N) is 1. The van der Waals surface area contributed by atoms with E-state index in [9.17, 15) is 18.0 Å². The van der Waals surface area contributed by atoms with Crippen molar-refractivity contribution in [2.45, 2.75) is 44.0 Å². The smallest absolute Gasteiger partial charge is 0.377 e. The van der Waals surface area contributed by atoms with Crippen LogP contribution < -0.4 is 5.73 Å². The third-order valence-electron chi connectivity index (χ3n) is 3.47. The van der Waals surface area contributed by atoms with E-state index in [4.69, 9.17) is 10.5 Å². The van der Waals surface area contributed by atoms with Gasteiger partial charge in [0.15, 0.2) is 5.54 Å². The van der Waals surface area contributed by atoms with Gasteiger partial charge in [0.05, 0.1) is 5.60 Å². The van der Waals surface area contributed by atoms with E-state index < -0.39 is 23.2 Å². The molecule has 1 amide bonds. The molecule has 1 aliphatic rings. The molecule has 0 aromatic heterocycles. The summed E-state index contributed by atoms with van der Waals surface area (Å²) in [5, 5.41) is 0. The van der Waals surface area contributed by atoms with E-state index >= 15 is 0 Å². The molecule has 0 aromatic rings. The first-order chi connectivity index (χ1) is 8.03. The van der Waals surface area contributed by atoms with E-state index in [-0.39, 0.29) is 13.1 Å². The van der Waals surface area contributed by atoms with Crippen LogP contribution in [0.15, 0.2) is 0 Å². The van der Waals surface area contributed by atoms with Gasteiger partial charge in [-0.25, -0.2) is 0 Å². The van der Waals surface area contributed by atoms with E-state index in [1.54, 1.807) is 6.92 Å². The second kappa shape index (κ2) is 4.70. The Hall–Kier alpha value is -0.820. The summed E-state index contributed by atoms with van der Waals surface area (Å²) in [4.78, 5) is 13.0. The molecule has 2 atom stereocenters. The molecule has 0 spiro atoms. The summed E-state index contributed by atoms with van der Waals surface area (Å²) >= 11 is 0. The minimum atomic E-state index is -4.76. The lowest BCUT2D eigenvalue weighted by molar-refractivity contribution is -0.196. The molecule has 1 rings (SSSR count). The lowest BCUT2D eigenvalue weighted by Crippen LogP contribution is -2.64. The number of amides is 1. The van der Waals surface area contributed by atoms with E-state index in [0.29, 0.717) is 19.8 Å². The van der Waals surface area contributed by atoms with Crippen molar-refractivity contribution in [3.05, 3.63) is 0 Å². The van der Waals surface area contributed by atoms with Crippen LogP contribution in [0, 0.1) is 0 Å². The average Bonchev–Trinajstić information content (AvgIpc) is 2.26. The van der Waals surface area contributed by atoms with Gasteiger partial charge in [-0.05, 0) is 26.7 Å². The largest absolute Gasteiger partial charge is 0.415 e. The maximum Gasteiger partial charge on any atom is 0.415 e. The minimum absolute atomic E-state index is 0.130. The Morgan fingerprint density at radius 3 is 2.44 bits per heavy atom. The number of piperidine rings is 1. The summed E-state index contributed by atoms with van der Waals surface area (Å²) in [6.45, 7) is 2.88. The second-order valence-corrected chi connectivity index (χ2v) is 5.18. The van der Waals surface area contributed by atoms with Crippen LogP contribution in [-0.2, 0) is 9.53 Å². The van der Waals surface area contributed by atoms with E-state index in [1.165, 1.54) is 7.11 Å². The number of methoxy groups -OCH3 is 1. The maximum absolute atomic E-state index is 12.7. The molecule has 0 aliphatic carbocycles. The summed E-state index contributed by atoms with van der Waals surface area (Å²) in [6, 6.07) is 0. The van der Waals surface area contributed by atoms with Crippen LogP contribution >= 0.6 is 0 Å². The molecule has 18 heavy (non-hydrogen) atoms. The number of halogens is 3. The first kappa shape index (κ1) is 15.2. The molecule has 2 unspecified atom stereocenters. The quantitative estimate of drug-likeness (QED) is 0.821. The van der Waals surface area contributed by atoms with Gasteiger partial charge in [-0.15, -0.1) is 0 Å². The Bertz CT molecular complexity index is 331. The number of carbonyl (C=O) groups is 1. The summed E-state index contributed by atoms with van der Waals surface area (Å²) in [7, 11) is 1.49. The minimum Gasteiger partial charge on any atom is -0.377 e. The van der Waals surface area contributed by atoms with Gasteiger partial charge < -0.3 is 15.4 Å². The average molecular weight is 268 g/mol. The Labute approximate surface area is 104 Å². The molecule has 1 heterocycles. The van der Waals surface area contributed by atoms with Crippen LogP contribution in [0.5, 0.6) is 0 Å². The molecule has 0 radical (unpaired) electrons. The number of carbonyl (C=O) groups excluding carboxylic acids is 1. The maximum atomic E-state index is 12.7. The predicted molar refractivity (Wildman–Crippen MR) is 59.9 cm³/mol. The summed E-state index contributed by atoms with van der Waals surface area (Å²) in [5.41, 5.74) is 1.69. The summed E-state index contributed by atoms with van der Waals surface area (Å²) in [5.74, 6) is -1.10. The molecule has 0 bridgehead atoms. The van der Waals surface area contributed by atoms with Gasteiger partial charge in [0, 0.05) is 20.2 Å². The second-order valence-electron chi connectivity index (χ2n) is 5.18. The van der Waals surface area contributed by atoms with Crippen molar-refractivity contribution < 1.29 is 22.7 Å². The van der Waals surface area contributed by atoms with E-state index in [2.05, 4.69) is 0 Å². The SMILES string of the molecule is COC1(C)CCCN(C(=O)C(C)(N)C(F)(F)F)C1. The van der Waals surface area contributed by atoms with Gasteiger partial charge in [-0.2, -0.15) is 13.2 Å². The van der Waals surface area contributed by atoms with Crippen LogP contribution in [-0.4, -0.2) is 48.3 Å². The monoisotopic (exact) mass is 268 g/mol. The zero-order valence-corrected chi connectivity index (χ0v) is 10.8. The topological polar surface area (TPSA) is 55.6 Å². The number of likely N-dealkylation sites (tertiary alicyclic amines) is 1. The highest BCUT2D eigenvalue weighted by molar-refractivity contribution is 5.86. The highest BCUT2D eigenvalue weighted by Crippen LogP contribution is 2.32. The van der Waals surface area contributed by atoms with Crippen molar-refractivity contribution in [1.82, 2.24) is 4.90 Å². The molecule has 1 aliphatic heterocycles. The number of nitrogens with two attached hydrogens (primary N) is 1. The van der Waals surface area contributed by atoms with Crippen molar-refractivity contribution in [2.75, 3.05) is 20.2 Å². The molecule has 4 nitrogen and oxygen atoms in total. The first-order valence-electron chi connectivity index (χ1n) is 5.74. The number of rotatable bonds is 2. The molecule has 7 heteroatoms. The van der Waals surface area contributed by atoms with Crippen molar-refractivity contribution >= 4 is 5.91 Å². The highest BCUT2D eigenvalue weighted by Gasteiger charge is 2.56. The molecule has 1 saturated heterocycles. The first-order valence-corrected chi connectivity index (χ1v) is 5.74. The number of hydrogen-bond donors (Lipinski definition) is 1. The molecular weight excluding hydrogens is 249 g/mol. The Kier molecular flexibility index (Phi) is 3.97. The van der Waals surface area contributed by atoms with Crippen LogP contribution in [0.4, 0.5) is 13.2 Å². The third-order valence-corrected chi connectivity index (χ3v) is 3.47. The van der Waals surface area contributed by atoms with Crippen LogP contribution in [0.3, 0.4) is 0 Å². The standard InChI is InChI=1S/C11H19F3N2O2/c1-9(18-3)5-4-6-16(7-9)8(17)10(2,15)11(12,13)14/h4-7,15H2,1-3H3. The van der Waals surface area contributed by atoms with Crippen molar-refractivity contribution in [2.24, 2.45) is 5.73 Å². The molecule has 0 saturated carbocycles. The Morgan fingerprint density at radius 1 is 1.44 bits per heavy atom.